The molecular weight excluding hydrogens is 410 g/mol. The molecule has 1 aromatic carbocycles. The summed E-state index contributed by atoms with van der Waals surface area (Å²) in [4.78, 5) is 37.4. The van der Waals surface area contributed by atoms with Crippen molar-refractivity contribution >= 4 is 29.6 Å². The van der Waals surface area contributed by atoms with Crippen LogP contribution in [-0.2, 0) is 25.5 Å². The molecule has 0 spiro atoms. The molecule has 0 radical (unpaired) electrons. The Morgan fingerprint density at radius 1 is 1.23 bits per heavy atom. The van der Waals surface area contributed by atoms with Crippen molar-refractivity contribution < 1.29 is 33.3 Å². The van der Waals surface area contributed by atoms with Gasteiger partial charge in [-0.3, -0.25) is 4.79 Å². The summed E-state index contributed by atoms with van der Waals surface area (Å²) >= 11 is 1.27. The van der Waals surface area contributed by atoms with Gasteiger partial charge in [0.25, 0.3) is 0 Å². The molecule has 0 aliphatic carbocycles. The number of methoxy groups -OCH3 is 3. The van der Waals surface area contributed by atoms with Crippen molar-refractivity contribution in [2.24, 2.45) is 0 Å². The fraction of sp³-hybridized carbons (Fsp3) is 0.381. The van der Waals surface area contributed by atoms with Crippen molar-refractivity contribution in [2.75, 3.05) is 40.2 Å². The van der Waals surface area contributed by atoms with E-state index in [9.17, 15) is 14.4 Å². The van der Waals surface area contributed by atoms with Crippen LogP contribution in [0.2, 0.25) is 0 Å². The minimum atomic E-state index is -0.521. The molecule has 1 aliphatic rings. The van der Waals surface area contributed by atoms with E-state index >= 15 is 0 Å². The lowest BCUT2D eigenvalue weighted by atomic mass is 10.1. The fourth-order valence-electron chi connectivity index (χ4n) is 2.87. The molecule has 1 fully saturated rings. The lowest BCUT2D eigenvalue weighted by Gasteiger charge is -2.17. The molecular formula is C21H25NO7S. The maximum Gasteiger partial charge on any atom is 0.338 e. The smallest absolute Gasteiger partial charge is 0.338 e. The molecule has 2 rings (SSSR count). The van der Waals surface area contributed by atoms with Crippen molar-refractivity contribution in [3.8, 4) is 11.5 Å². The van der Waals surface area contributed by atoms with Crippen LogP contribution in [0.25, 0.3) is 0 Å². The van der Waals surface area contributed by atoms with Gasteiger partial charge in [0.1, 0.15) is 0 Å². The molecule has 1 amide bonds. The first-order chi connectivity index (χ1) is 14.4. The van der Waals surface area contributed by atoms with Gasteiger partial charge in [0.2, 0.25) is 5.91 Å². The number of hydrogen-bond donors (Lipinski definition) is 0. The third-order valence-corrected chi connectivity index (χ3v) is 5.29. The second-order valence-electron chi connectivity index (χ2n) is 6.19. The zero-order valence-electron chi connectivity index (χ0n) is 17.3. The van der Waals surface area contributed by atoms with Gasteiger partial charge in [-0.15, -0.1) is 6.58 Å². The van der Waals surface area contributed by atoms with Gasteiger partial charge in [-0.2, -0.15) is 0 Å². The monoisotopic (exact) mass is 435 g/mol. The highest BCUT2D eigenvalue weighted by atomic mass is 32.2. The van der Waals surface area contributed by atoms with Crippen LogP contribution < -0.4 is 9.47 Å². The van der Waals surface area contributed by atoms with E-state index in [1.165, 1.54) is 44.1 Å². The molecule has 162 valence electrons. The van der Waals surface area contributed by atoms with E-state index in [-0.39, 0.29) is 18.3 Å². The summed E-state index contributed by atoms with van der Waals surface area (Å²) in [7, 11) is 4.30. The van der Waals surface area contributed by atoms with Gasteiger partial charge < -0.3 is 23.8 Å². The summed E-state index contributed by atoms with van der Waals surface area (Å²) < 4.78 is 20.6. The second kappa shape index (κ2) is 11.3. The zero-order valence-corrected chi connectivity index (χ0v) is 18.1. The lowest BCUT2D eigenvalue weighted by Crippen LogP contribution is -2.27. The van der Waals surface area contributed by atoms with Crippen molar-refractivity contribution in [1.29, 1.82) is 0 Å². The number of rotatable bonds is 10. The molecule has 0 saturated carbocycles. The Bertz CT molecular complexity index is 850. The van der Waals surface area contributed by atoms with Crippen molar-refractivity contribution in [3.63, 3.8) is 0 Å². The van der Waals surface area contributed by atoms with Gasteiger partial charge in [0.05, 0.1) is 50.4 Å². The predicted octanol–water partition coefficient (Wildman–Crippen LogP) is 2.57. The second-order valence-corrected chi connectivity index (χ2v) is 7.19. The lowest BCUT2D eigenvalue weighted by molar-refractivity contribution is -0.134. The highest BCUT2D eigenvalue weighted by Gasteiger charge is 2.27. The number of esters is 2. The van der Waals surface area contributed by atoms with E-state index in [4.69, 9.17) is 14.2 Å². The molecule has 8 nitrogen and oxygen atoms in total. The molecule has 1 aliphatic heterocycles. The molecule has 9 heteroatoms. The zero-order chi connectivity index (χ0) is 22.1. The Labute approximate surface area is 179 Å². The summed E-state index contributed by atoms with van der Waals surface area (Å²) in [6.07, 6.45) is 3.91. The van der Waals surface area contributed by atoms with Crippen molar-refractivity contribution in [3.05, 3.63) is 47.0 Å². The van der Waals surface area contributed by atoms with Crippen LogP contribution in [0.1, 0.15) is 22.3 Å². The minimum absolute atomic E-state index is 0.101. The number of amides is 1. The third-order valence-electron chi connectivity index (χ3n) is 4.27. The fourth-order valence-corrected chi connectivity index (χ4v) is 3.82. The standard InChI is InChI=1S/C21H25NO7S/c1-5-7-14-10-15(11-16(26-2)20(14)28-4)21(25)29-9-6-8-22-17(23)13-30-18(22)12-19(24)27-3/h5,10-12H,1,6-9,13H2,2-4H3/b18-12+. The number of nitrogens with zero attached hydrogens (tertiary/aromatic N) is 1. The first kappa shape index (κ1) is 23.3. The third kappa shape index (κ3) is 5.79. The number of ether oxygens (including phenoxy) is 4. The van der Waals surface area contributed by atoms with Crippen LogP contribution in [0.15, 0.2) is 35.9 Å². The van der Waals surface area contributed by atoms with E-state index < -0.39 is 11.9 Å². The molecule has 1 aromatic rings. The van der Waals surface area contributed by atoms with E-state index in [1.807, 2.05) is 0 Å². The van der Waals surface area contributed by atoms with Gasteiger partial charge >= 0.3 is 11.9 Å². The minimum Gasteiger partial charge on any atom is -0.493 e. The van der Waals surface area contributed by atoms with Gasteiger partial charge in [0, 0.05) is 12.1 Å². The Kier molecular flexibility index (Phi) is 8.79. The van der Waals surface area contributed by atoms with Crippen LogP contribution in [0.3, 0.4) is 0 Å². The van der Waals surface area contributed by atoms with Crippen LogP contribution in [-0.4, -0.2) is 63.0 Å². The molecule has 30 heavy (non-hydrogen) atoms. The van der Waals surface area contributed by atoms with E-state index in [0.29, 0.717) is 41.5 Å². The molecule has 0 bridgehead atoms. The predicted molar refractivity (Wildman–Crippen MR) is 113 cm³/mol. The summed E-state index contributed by atoms with van der Waals surface area (Å²) in [5, 5.41) is 0.534. The van der Waals surface area contributed by atoms with Gasteiger partial charge in [-0.1, -0.05) is 17.8 Å². The Hall–Kier alpha value is -2.94. The molecule has 0 unspecified atom stereocenters. The maximum absolute atomic E-state index is 12.5. The Balaban J connectivity index is 1.98. The highest BCUT2D eigenvalue weighted by molar-refractivity contribution is 8.04. The summed E-state index contributed by atoms with van der Waals surface area (Å²) in [6, 6.07) is 3.24. The average Bonchev–Trinajstić information content (AvgIpc) is 3.09. The van der Waals surface area contributed by atoms with E-state index in [1.54, 1.807) is 18.2 Å². The number of hydrogen-bond acceptors (Lipinski definition) is 8. The van der Waals surface area contributed by atoms with Gasteiger partial charge in [0.15, 0.2) is 11.5 Å². The van der Waals surface area contributed by atoms with Crippen LogP contribution in [0.4, 0.5) is 0 Å². The van der Waals surface area contributed by atoms with Crippen molar-refractivity contribution in [1.82, 2.24) is 4.90 Å². The normalized spacial score (nSPS) is 14.6. The summed E-state index contributed by atoms with van der Waals surface area (Å²) in [5.74, 6) is 0.113. The number of carbonyl (C=O) groups excluding carboxylic acids is 3. The van der Waals surface area contributed by atoms with E-state index in [0.717, 1.165) is 5.56 Å². The summed E-state index contributed by atoms with van der Waals surface area (Å²) in [5.41, 5.74) is 1.10. The van der Waals surface area contributed by atoms with Gasteiger partial charge in [-0.05, 0) is 25.0 Å². The number of allylic oxidation sites excluding steroid dienone is 1. The largest absolute Gasteiger partial charge is 0.493 e. The van der Waals surface area contributed by atoms with Crippen LogP contribution in [0.5, 0.6) is 11.5 Å². The number of carbonyl (C=O) groups is 3. The number of thioether (sulfide) groups is 1. The van der Waals surface area contributed by atoms with Gasteiger partial charge in [-0.25, -0.2) is 9.59 Å². The molecule has 0 aromatic heterocycles. The quantitative estimate of drug-likeness (QED) is 0.240. The van der Waals surface area contributed by atoms with Crippen molar-refractivity contribution in [2.45, 2.75) is 12.8 Å². The van der Waals surface area contributed by atoms with Crippen LogP contribution in [0, 0.1) is 0 Å². The highest BCUT2D eigenvalue weighted by Crippen LogP contribution is 2.33. The SMILES string of the molecule is C=CCc1cc(C(=O)OCCCN2C(=O)CS/C2=C/C(=O)OC)cc(OC)c1OC. The molecule has 0 N–H and O–H groups in total. The molecule has 1 heterocycles. The first-order valence-corrected chi connectivity index (χ1v) is 10.2. The number of benzene rings is 1. The topological polar surface area (TPSA) is 91.4 Å². The summed E-state index contributed by atoms with van der Waals surface area (Å²) in [6.45, 7) is 4.16. The van der Waals surface area contributed by atoms with Crippen LogP contribution >= 0.6 is 11.8 Å². The first-order valence-electron chi connectivity index (χ1n) is 9.20. The Morgan fingerprint density at radius 3 is 2.63 bits per heavy atom. The van der Waals surface area contributed by atoms with E-state index in [2.05, 4.69) is 11.3 Å². The molecule has 0 atom stereocenters. The average molecular weight is 435 g/mol. The maximum atomic E-state index is 12.5. The Morgan fingerprint density at radius 2 is 2.00 bits per heavy atom. The molecule has 1 saturated heterocycles.